The molecular weight excluding hydrogens is 477 g/mol. The molecule has 0 spiro atoms. The summed E-state index contributed by atoms with van der Waals surface area (Å²) in [5, 5.41) is 3.50. The molecule has 8 heteroatoms. The Morgan fingerprint density at radius 2 is 1.90 bits per heavy atom. The highest BCUT2D eigenvalue weighted by Crippen LogP contribution is 2.13. The molecule has 0 bridgehead atoms. The quantitative estimate of drug-likeness (QED) is 0.242. The van der Waals surface area contributed by atoms with Crippen LogP contribution in [0.4, 0.5) is 5.82 Å². The van der Waals surface area contributed by atoms with Gasteiger partial charge in [0.2, 0.25) is 0 Å². The first-order valence-electron chi connectivity index (χ1n) is 9.89. The molecule has 1 aliphatic heterocycles. The SMILES string of the molecule is CN=C(NCCCc1nc2ccccc2[nH]1)N1CCN(c2ccccn2)CC1.I. The molecule has 0 unspecified atom stereocenters. The molecule has 0 atom stereocenters. The van der Waals surface area contributed by atoms with Crippen LogP contribution in [0.2, 0.25) is 0 Å². The maximum Gasteiger partial charge on any atom is 0.193 e. The molecule has 1 saturated heterocycles. The Morgan fingerprint density at radius 1 is 1.10 bits per heavy atom. The van der Waals surface area contributed by atoms with Gasteiger partial charge in [0.1, 0.15) is 11.6 Å². The second-order valence-corrected chi connectivity index (χ2v) is 6.94. The van der Waals surface area contributed by atoms with Crippen molar-refractivity contribution >= 4 is 46.8 Å². The zero-order valence-corrected chi connectivity index (χ0v) is 19.0. The molecule has 3 aromatic rings. The van der Waals surface area contributed by atoms with Crippen LogP contribution in [-0.4, -0.2) is 65.6 Å². The van der Waals surface area contributed by atoms with Crippen molar-refractivity contribution in [2.45, 2.75) is 12.8 Å². The Labute approximate surface area is 188 Å². The highest BCUT2D eigenvalue weighted by molar-refractivity contribution is 14.0. The number of aliphatic imine (C=N–C) groups is 1. The Kier molecular flexibility index (Phi) is 7.68. The number of benzene rings is 1. The van der Waals surface area contributed by atoms with Crippen molar-refractivity contribution in [2.24, 2.45) is 4.99 Å². The van der Waals surface area contributed by atoms with Gasteiger partial charge in [-0.1, -0.05) is 18.2 Å². The Balaban J connectivity index is 0.00000240. The molecule has 0 saturated carbocycles. The number of anilines is 1. The number of para-hydroxylation sites is 2. The summed E-state index contributed by atoms with van der Waals surface area (Å²) in [5.74, 6) is 3.07. The highest BCUT2D eigenvalue weighted by Gasteiger charge is 2.20. The predicted octanol–water partition coefficient (Wildman–Crippen LogP) is 2.91. The lowest BCUT2D eigenvalue weighted by Gasteiger charge is -2.37. The first-order chi connectivity index (χ1) is 13.8. The van der Waals surface area contributed by atoms with Crippen molar-refractivity contribution in [2.75, 3.05) is 44.7 Å². The molecule has 0 aliphatic carbocycles. The number of halogens is 1. The third-order valence-electron chi connectivity index (χ3n) is 5.08. The lowest BCUT2D eigenvalue weighted by Crippen LogP contribution is -2.52. The van der Waals surface area contributed by atoms with Gasteiger partial charge in [-0.15, -0.1) is 24.0 Å². The van der Waals surface area contributed by atoms with E-state index in [-0.39, 0.29) is 24.0 Å². The fraction of sp³-hybridized carbons (Fsp3) is 0.381. The summed E-state index contributed by atoms with van der Waals surface area (Å²) in [4.78, 5) is 21.6. The normalized spacial score (nSPS) is 14.7. The van der Waals surface area contributed by atoms with Crippen LogP contribution in [0, 0.1) is 0 Å². The van der Waals surface area contributed by atoms with Crippen molar-refractivity contribution in [3.8, 4) is 0 Å². The summed E-state index contributed by atoms with van der Waals surface area (Å²) in [5.41, 5.74) is 2.14. The van der Waals surface area contributed by atoms with E-state index in [1.807, 2.05) is 43.6 Å². The Hall–Kier alpha value is -2.36. The molecule has 154 valence electrons. The molecule has 1 fully saturated rings. The molecule has 1 aliphatic rings. The number of fused-ring (bicyclic) bond motifs is 1. The molecule has 0 radical (unpaired) electrons. The number of piperazine rings is 1. The first-order valence-corrected chi connectivity index (χ1v) is 9.89. The van der Waals surface area contributed by atoms with Gasteiger partial charge in [0.15, 0.2) is 5.96 Å². The van der Waals surface area contributed by atoms with Crippen LogP contribution in [0.25, 0.3) is 11.0 Å². The topological polar surface area (TPSA) is 72.4 Å². The van der Waals surface area contributed by atoms with E-state index >= 15 is 0 Å². The zero-order valence-electron chi connectivity index (χ0n) is 16.7. The number of rotatable bonds is 5. The number of imidazole rings is 1. The minimum Gasteiger partial charge on any atom is -0.356 e. The van der Waals surface area contributed by atoms with E-state index in [0.717, 1.165) is 74.2 Å². The van der Waals surface area contributed by atoms with Gasteiger partial charge in [-0.2, -0.15) is 0 Å². The average Bonchev–Trinajstić information content (AvgIpc) is 3.17. The van der Waals surface area contributed by atoms with E-state index in [2.05, 4.69) is 47.2 Å². The molecule has 4 rings (SSSR count). The van der Waals surface area contributed by atoms with E-state index in [0.29, 0.717) is 0 Å². The van der Waals surface area contributed by atoms with E-state index in [4.69, 9.17) is 0 Å². The van der Waals surface area contributed by atoms with E-state index in [1.165, 1.54) is 0 Å². The largest absolute Gasteiger partial charge is 0.356 e. The van der Waals surface area contributed by atoms with E-state index in [1.54, 1.807) is 0 Å². The number of aromatic amines is 1. The third kappa shape index (κ3) is 5.37. The maximum atomic E-state index is 4.64. The number of hydrogen-bond donors (Lipinski definition) is 2. The van der Waals surface area contributed by atoms with Gasteiger partial charge in [-0.25, -0.2) is 9.97 Å². The molecule has 3 heterocycles. The minimum absolute atomic E-state index is 0. The molecule has 7 nitrogen and oxygen atoms in total. The number of hydrogen-bond acceptors (Lipinski definition) is 4. The van der Waals surface area contributed by atoms with Gasteiger partial charge < -0.3 is 20.1 Å². The van der Waals surface area contributed by atoms with Crippen molar-refractivity contribution in [1.29, 1.82) is 0 Å². The van der Waals surface area contributed by atoms with Gasteiger partial charge in [-0.3, -0.25) is 4.99 Å². The van der Waals surface area contributed by atoms with Crippen molar-refractivity contribution in [3.63, 3.8) is 0 Å². The lowest BCUT2D eigenvalue weighted by molar-refractivity contribution is 0.371. The van der Waals surface area contributed by atoms with Crippen LogP contribution >= 0.6 is 24.0 Å². The standard InChI is InChI=1S/C21H27N7.HI/c1-22-21(28-15-13-27(14-16-28)20-10-4-5-11-23-20)24-12-6-9-19-25-17-7-2-3-8-18(17)26-19;/h2-5,7-8,10-11H,6,9,12-16H2,1H3,(H,22,24)(H,25,26);1H. The molecule has 2 N–H and O–H groups in total. The summed E-state index contributed by atoms with van der Waals surface area (Å²) in [7, 11) is 1.85. The summed E-state index contributed by atoms with van der Waals surface area (Å²) in [6.07, 6.45) is 3.78. The number of nitrogens with zero attached hydrogens (tertiary/aromatic N) is 5. The second kappa shape index (κ2) is 10.4. The van der Waals surface area contributed by atoms with Gasteiger partial charge in [-0.05, 0) is 30.7 Å². The van der Waals surface area contributed by atoms with Gasteiger partial charge in [0.05, 0.1) is 11.0 Å². The summed E-state index contributed by atoms with van der Waals surface area (Å²) in [6.45, 7) is 4.68. The van der Waals surface area contributed by atoms with E-state index in [9.17, 15) is 0 Å². The number of aryl methyl sites for hydroxylation is 1. The number of guanidine groups is 1. The van der Waals surface area contributed by atoms with Crippen LogP contribution in [0.3, 0.4) is 0 Å². The highest BCUT2D eigenvalue weighted by atomic mass is 127. The van der Waals surface area contributed by atoms with Crippen LogP contribution < -0.4 is 10.2 Å². The monoisotopic (exact) mass is 505 g/mol. The molecule has 29 heavy (non-hydrogen) atoms. The predicted molar refractivity (Wildman–Crippen MR) is 129 cm³/mol. The van der Waals surface area contributed by atoms with Crippen molar-refractivity contribution in [1.82, 2.24) is 25.2 Å². The van der Waals surface area contributed by atoms with Gasteiger partial charge in [0.25, 0.3) is 0 Å². The molecule has 2 aromatic heterocycles. The maximum absolute atomic E-state index is 4.64. The fourth-order valence-electron chi connectivity index (χ4n) is 3.60. The molecule has 1 aromatic carbocycles. The minimum atomic E-state index is 0. The average molecular weight is 505 g/mol. The third-order valence-corrected chi connectivity index (χ3v) is 5.08. The number of H-pyrrole nitrogens is 1. The van der Waals surface area contributed by atoms with Crippen LogP contribution in [0.1, 0.15) is 12.2 Å². The van der Waals surface area contributed by atoms with Crippen LogP contribution in [0.15, 0.2) is 53.7 Å². The summed E-state index contributed by atoms with van der Waals surface area (Å²) >= 11 is 0. The van der Waals surface area contributed by atoms with Crippen molar-refractivity contribution < 1.29 is 0 Å². The van der Waals surface area contributed by atoms with Crippen LogP contribution in [-0.2, 0) is 6.42 Å². The first kappa shape index (κ1) is 21.4. The number of nitrogens with one attached hydrogen (secondary N) is 2. The smallest absolute Gasteiger partial charge is 0.193 e. The summed E-state index contributed by atoms with van der Waals surface area (Å²) in [6, 6.07) is 14.2. The van der Waals surface area contributed by atoms with Gasteiger partial charge >= 0.3 is 0 Å². The van der Waals surface area contributed by atoms with Crippen LogP contribution in [0.5, 0.6) is 0 Å². The molecule has 0 amide bonds. The van der Waals surface area contributed by atoms with Gasteiger partial charge in [0, 0.05) is 52.4 Å². The number of aromatic nitrogens is 3. The van der Waals surface area contributed by atoms with Crippen molar-refractivity contribution in [3.05, 3.63) is 54.5 Å². The second-order valence-electron chi connectivity index (χ2n) is 6.94. The Bertz CT molecular complexity index is 884. The molecular formula is C21H28IN7. The van der Waals surface area contributed by atoms with E-state index < -0.39 is 0 Å². The lowest BCUT2D eigenvalue weighted by atomic mass is 10.3. The Morgan fingerprint density at radius 3 is 2.62 bits per heavy atom. The zero-order chi connectivity index (χ0) is 19.2. The summed E-state index contributed by atoms with van der Waals surface area (Å²) < 4.78 is 0. The number of pyridine rings is 1. The fourth-order valence-corrected chi connectivity index (χ4v) is 3.60.